The molecule has 23 heavy (non-hydrogen) atoms. The monoisotopic (exact) mass is 312 g/mol. The van der Waals surface area contributed by atoms with Crippen LogP contribution in [0.5, 0.6) is 5.88 Å². The second-order valence-electron chi connectivity index (χ2n) is 4.76. The number of nitrogens with one attached hydrogen (secondary N) is 1. The van der Waals surface area contributed by atoms with E-state index < -0.39 is 6.09 Å². The van der Waals surface area contributed by atoms with Crippen LogP contribution in [0.25, 0.3) is 16.9 Å². The predicted octanol–water partition coefficient (Wildman–Crippen LogP) is 2.26. The lowest BCUT2D eigenvalue weighted by molar-refractivity contribution is 0.170. The van der Waals surface area contributed by atoms with Gasteiger partial charge in [-0.2, -0.15) is 0 Å². The summed E-state index contributed by atoms with van der Waals surface area (Å²) in [4.78, 5) is 16.0. The summed E-state index contributed by atoms with van der Waals surface area (Å²) in [7, 11) is 2.87. The second-order valence-corrected chi connectivity index (χ2v) is 4.76. The van der Waals surface area contributed by atoms with E-state index in [9.17, 15) is 4.79 Å². The number of methoxy groups -OCH3 is 2. The third-order valence-corrected chi connectivity index (χ3v) is 3.39. The lowest BCUT2D eigenvalue weighted by atomic mass is 10.1. The van der Waals surface area contributed by atoms with Crippen molar-refractivity contribution in [3.8, 4) is 17.1 Å². The van der Waals surface area contributed by atoms with E-state index in [-0.39, 0.29) is 6.54 Å². The van der Waals surface area contributed by atoms with Crippen molar-refractivity contribution in [2.45, 2.75) is 6.54 Å². The summed E-state index contributed by atoms with van der Waals surface area (Å²) in [5.74, 6) is 0.467. The van der Waals surface area contributed by atoms with Crippen molar-refractivity contribution < 1.29 is 14.3 Å². The van der Waals surface area contributed by atoms with Gasteiger partial charge in [0, 0.05) is 11.6 Å². The topological polar surface area (TPSA) is 77.8 Å². The number of nitrogens with zero attached hydrogens (tertiary/aromatic N) is 3. The van der Waals surface area contributed by atoms with E-state index >= 15 is 0 Å². The Morgan fingerprint density at radius 3 is 2.65 bits per heavy atom. The predicted molar refractivity (Wildman–Crippen MR) is 84.2 cm³/mol. The van der Waals surface area contributed by atoms with Gasteiger partial charge in [-0.1, -0.05) is 30.3 Å². The van der Waals surface area contributed by atoms with Gasteiger partial charge in [-0.3, -0.25) is 0 Å². The third-order valence-electron chi connectivity index (χ3n) is 3.39. The average molecular weight is 312 g/mol. The van der Waals surface area contributed by atoms with Gasteiger partial charge in [0.05, 0.1) is 32.2 Å². The van der Waals surface area contributed by atoms with Crippen molar-refractivity contribution in [1.29, 1.82) is 0 Å². The van der Waals surface area contributed by atoms with E-state index in [0.717, 1.165) is 17.0 Å². The fourth-order valence-corrected chi connectivity index (χ4v) is 2.28. The number of hydrogen-bond donors (Lipinski definition) is 1. The molecule has 0 spiro atoms. The maximum atomic E-state index is 11.4. The Balaban J connectivity index is 2.12. The molecule has 1 N–H and O–H groups in total. The summed E-state index contributed by atoms with van der Waals surface area (Å²) < 4.78 is 11.5. The Labute approximate surface area is 132 Å². The minimum atomic E-state index is -0.512. The zero-order valence-corrected chi connectivity index (χ0v) is 12.8. The van der Waals surface area contributed by atoms with Crippen LogP contribution in [-0.4, -0.2) is 34.9 Å². The van der Waals surface area contributed by atoms with E-state index in [1.807, 2.05) is 36.4 Å². The molecule has 0 radical (unpaired) electrons. The third kappa shape index (κ3) is 2.94. The fourth-order valence-electron chi connectivity index (χ4n) is 2.28. The van der Waals surface area contributed by atoms with Crippen LogP contribution < -0.4 is 10.1 Å². The molecule has 0 aliphatic carbocycles. The molecule has 0 atom stereocenters. The Kier molecular flexibility index (Phi) is 4.09. The summed E-state index contributed by atoms with van der Waals surface area (Å²) in [6.45, 7) is 0.234. The van der Waals surface area contributed by atoms with Gasteiger partial charge in [0.1, 0.15) is 0 Å². The number of benzene rings is 1. The smallest absolute Gasteiger partial charge is 0.407 e. The number of rotatable bonds is 4. The van der Waals surface area contributed by atoms with Crippen LogP contribution in [0.1, 0.15) is 5.69 Å². The van der Waals surface area contributed by atoms with Crippen LogP contribution in [0.3, 0.4) is 0 Å². The van der Waals surface area contributed by atoms with E-state index in [4.69, 9.17) is 4.74 Å². The number of carbonyl (C=O) groups excluding carboxylic acids is 1. The lowest BCUT2D eigenvalue weighted by Crippen LogP contribution is -2.23. The van der Waals surface area contributed by atoms with Gasteiger partial charge in [0.2, 0.25) is 5.88 Å². The van der Waals surface area contributed by atoms with Crippen LogP contribution in [0, 0.1) is 0 Å². The molecule has 2 aromatic heterocycles. The van der Waals surface area contributed by atoms with Crippen LogP contribution in [0.4, 0.5) is 4.79 Å². The highest BCUT2D eigenvalue weighted by Crippen LogP contribution is 2.24. The first-order valence-corrected chi connectivity index (χ1v) is 7.03. The standard InChI is InChI=1S/C16H16N4O3/c1-22-14-9-8-13-18-15(11-6-4-3-5-7-11)12(20(13)19-14)10-17-16(21)23-2/h3-9H,10H2,1-2H3,(H,17,21). The maximum Gasteiger partial charge on any atom is 0.407 e. The molecule has 0 bridgehead atoms. The molecule has 1 aromatic carbocycles. The minimum absolute atomic E-state index is 0.234. The molecule has 118 valence electrons. The van der Waals surface area contributed by atoms with Crippen molar-refractivity contribution in [1.82, 2.24) is 19.9 Å². The Bertz CT molecular complexity index is 830. The lowest BCUT2D eigenvalue weighted by Gasteiger charge is -2.07. The summed E-state index contributed by atoms with van der Waals surface area (Å²) in [5.41, 5.74) is 3.11. The van der Waals surface area contributed by atoms with E-state index in [2.05, 4.69) is 20.1 Å². The number of ether oxygens (including phenoxy) is 2. The highest BCUT2D eigenvalue weighted by Gasteiger charge is 2.16. The Hall–Kier alpha value is -3.09. The fraction of sp³-hybridized carbons (Fsp3) is 0.188. The first-order valence-electron chi connectivity index (χ1n) is 7.03. The normalized spacial score (nSPS) is 10.5. The van der Waals surface area contributed by atoms with Crippen LogP contribution in [0.15, 0.2) is 42.5 Å². The van der Waals surface area contributed by atoms with Crippen LogP contribution >= 0.6 is 0 Å². The minimum Gasteiger partial charge on any atom is -0.480 e. The maximum absolute atomic E-state index is 11.4. The number of amides is 1. The first kappa shape index (κ1) is 14.8. The van der Waals surface area contributed by atoms with Crippen molar-refractivity contribution in [3.63, 3.8) is 0 Å². The molecule has 0 aliphatic heterocycles. The van der Waals surface area contributed by atoms with Crippen LogP contribution in [-0.2, 0) is 11.3 Å². The Morgan fingerprint density at radius 1 is 1.17 bits per heavy atom. The molecule has 3 rings (SSSR count). The molecule has 0 saturated carbocycles. The number of hydrogen-bond acceptors (Lipinski definition) is 5. The molecule has 7 heteroatoms. The second kappa shape index (κ2) is 6.35. The highest BCUT2D eigenvalue weighted by atomic mass is 16.5. The van der Waals surface area contributed by atoms with E-state index in [1.165, 1.54) is 7.11 Å². The number of alkyl carbamates (subject to hydrolysis) is 1. The Morgan fingerprint density at radius 2 is 1.96 bits per heavy atom. The molecule has 1 amide bonds. The van der Waals surface area contributed by atoms with Gasteiger partial charge in [-0.05, 0) is 6.07 Å². The molecule has 0 saturated heterocycles. The van der Waals surface area contributed by atoms with Crippen molar-refractivity contribution in [3.05, 3.63) is 48.2 Å². The van der Waals surface area contributed by atoms with Crippen molar-refractivity contribution in [2.75, 3.05) is 14.2 Å². The number of fused-ring (bicyclic) bond motifs is 1. The first-order chi connectivity index (χ1) is 11.2. The molecule has 0 fully saturated rings. The largest absolute Gasteiger partial charge is 0.480 e. The number of imidazole rings is 1. The zero-order valence-electron chi connectivity index (χ0n) is 12.8. The van der Waals surface area contributed by atoms with Gasteiger partial charge < -0.3 is 14.8 Å². The summed E-state index contributed by atoms with van der Waals surface area (Å²) in [6.07, 6.45) is -0.512. The highest BCUT2D eigenvalue weighted by molar-refractivity contribution is 5.69. The van der Waals surface area contributed by atoms with Crippen molar-refractivity contribution >= 4 is 11.7 Å². The van der Waals surface area contributed by atoms with Crippen LogP contribution in [0.2, 0.25) is 0 Å². The summed E-state index contributed by atoms with van der Waals surface area (Å²) in [6, 6.07) is 13.3. The van der Waals surface area contributed by atoms with Crippen molar-refractivity contribution in [2.24, 2.45) is 0 Å². The van der Waals surface area contributed by atoms with Gasteiger partial charge in [0.25, 0.3) is 0 Å². The number of aromatic nitrogens is 3. The summed E-state index contributed by atoms with van der Waals surface area (Å²) in [5, 5.41) is 7.06. The van der Waals surface area contributed by atoms with Gasteiger partial charge in [0.15, 0.2) is 5.65 Å². The molecular formula is C16H16N4O3. The zero-order chi connectivity index (χ0) is 16.2. The molecule has 3 aromatic rings. The number of carbonyl (C=O) groups is 1. The molecule has 0 unspecified atom stereocenters. The van der Waals surface area contributed by atoms with E-state index in [1.54, 1.807) is 17.7 Å². The SMILES string of the molecule is COC(=O)NCc1c(-c2ccccc2)nc2ccc(OC)nn12. The molecule has 0 aliphatic rings. The van der Waals surface area contributed by atoms with E-state index in [0.29, 0.717) is 11.5 Å². The van der Waals surface area contributed by atoms with Gasteiger partial charge in [-0.15, -0.1) is 5.10 Å². The molecule has 2 heterocycles. The van der Waals surface area contributed by atoms with Gasteiger partial charge in [-0.25, -0.2) is 14.3 Å². The molecular weight excluding hydrogens is 296 g/mol. The summed E-state index contributed by atoms with van der Waals surface area (Å²) >= 11 is 0. The average Bonchev–Trinajstić information content (AvgIpc) is 2.98. The van der Waals surface area contributed by atoms with Gasteiger partial charge >= 0.3 is 6.09 Å². The molecule has 7 nitrogen and oxygen atoms in total. The quantitative estimate of drug-likeness (QED) is 0.799.